The largest absolute Gasteiger partial charge is 0.462 e. The zero-order chi connectivity index (χ0) is 15.0. The predicted molar refractivity (Wildman–Crippen MR) is 79.1 cm³/mol. The number of carbonyl (C=O) groups is 1. The van der Waals surface area contributed by atoms with Crippen LogP contribution >= 0.6 is 0 Å². The Labute approximate surface area is 120 Å². The fourth-order valence-electron chi connectivity index (χ4n) is 1.64. The third-order valence-corrected chi connectivity index (χ3v) is 3.09. The molecular formula is C16H20N2O2. The SMILES string of the molecule is CCOC(=O)/C(C#N)=C/Nc1ccc([C@@H](C)CC)cc1. The molecular weight excluding hydrogens is 252 g/mol. The highest BCUT2D eigenvalue weighted by Gasteiger charge is 2.09. The second kappa shape index (κ2) is 8.00. The minimum absolute atomic E-state index is 0.0437. The molecule has 0 fully saturated rings. The van der Waals surface area contributed by atoms with E-state index in [1.165, 1.54) is 11.8 Å². The number of nitrogens with one attached hydrogen (secondary N) is 1. The van der Waals surface area contributed by atoms with Crippen LogP contribution in [0.2, 0.25) is 0 Å². The Kier molecular flexibility index (Phi) is 6.31. The third kappa shape index (κ3) is 4.43. The van der Waals surface area contributed by atoms with E-state index in [9.17, 15) is 4.79 Å². The molecule has 4 nitrogen and oxygen atoms in total. The molecule has 1 aromatic carbocycles. The quantitative estimate of drug-likeness (QED) is 0.488. The minimum atomic E-state index is -0.612. The molecule has 0 saturated heterocycles. The first-order valence-corrected chi connectivity index (χ1v) is 6.76. The van der Waals surface area contributed by atoms with E-state index in [1.807, 2.05) is 30.3 Å². The molecule has 20 heavy (non-hydrogen) atoms. The summed E-state index contributed by atoms with van der Waals surface area (Å²) in [5.41, 5.74) is 2.06. The van der Waals surface area contributed by atoms with Gasteiger partial charge in [-0.15, -0.1) is 0 Å². The summed E-state index contributed by atoms with van der Waals surface area (Å²) in [6.07, 6.45) is 2.46. The predicted octanol–water partition coefficient (Wildman–Crippen LogP) is 3.58. The van der Waals surface area contributed by atoms with Gasteiger partial charge in [0, 0.05) is 11.9 Å². The molecule has 0 saturated carbocycles. The highest BCUT2D eigenvalue weighted by atomic mass is 16.5. The summed E-state index contributed by atoms with van der Waals surface area (Å²) in [5, 5.41) is 11.8. The number of esters is 1. The van der Waals surface area contributed by atoms with Gasteiger partial charge >= 0.3 is 5.97 Å². The van der Waals surface area contributed by atoms with Gasteiger partial charge < -0.3 is 10.1 Å². The first-order chi connectivity index (χ1) is 9.62. The molecule has 1 N–H and O–H groups in total. The van der Waals surface area contributed by atoms with Crippen molar-refractivity contribution in [2.75, 3.05) is 11.9 Å². The Balaban J connectivity index is 2.73. The van der Waals surface area contributed by atoms with Crippen LogP contribution in [0.4, 0.5) is 5.69 Å². The monoisotopic (exact) mass is 272 g/mol. The Morgan fingerprint density at radius 2 is 2.05 bits per heavy atom. The van der Waals surface area contributed by atoms with Gasteiger partial charge in [0.05, 0.1) is 6.61 Å². The van der Waals surface area contributed by atoms with Crippen molar-refractivity contribution in [3.63, 3.8) is 0 Å². The van der Waals surface area contributed by atoms with Crippen LogP contribution < -0.4 is 5.32 Å². The van der Waals surface area contributed by atoms with Crippen LogP contribution in [0, 0.1) is 11.3 Å². The van der Waals surface area contributed by atoms with Gasteiger partial charge in [0.25, 0.3) is 0 Å². The van der Waals surface area contributed by atoms with Gasteiger partial charge in [-0.3, -0.25) is 0 Å². The number of rotatable bonds is 6. The molecule has 0 radical (unpaired) electrons. The van der Waals surface area contributed by atoms with Crippen LogP contribution in [0.25, 0.3) is 0 Å². The topological polar surface area (TPSA) is 62.1 Å². The van der Waals surface area contributed by atoms with E-state index in [1.54, 1.807) is 6.92 Å². The van der Waals surface area contributed by atoms with Gasteiger partial charge in [0.1, 0.15) is 6.07 Å². The summed E-state index contributed by atoms with van der Waals surface area (Å²) >= 11 is 0. The fourth-order valence-corrected chi connectivity index (χ4v) is 1.64. The van der Waals surface area contributed by atoms with Crippen molar-refractivity contribution in [1.82, 2.24) is 0 Å². The maximum Gasteiger partial charge on any atom is 0.350 e. The molecule has 0 aliphatic heterocycles. The summed E-state index contributed by atoms with van der Waals surface area (Å²) < 4.78 is 4.78. The smallest absolute Gasteiger partial charge is 0.350 e. The summed E-state index contributed by atoms with van der Waals surface area (Å²) in [5.74, 6) is -0.0903. The van der Waals surface area contributed by atoms with Gasteiger partial charge in [-0.1, -0.05) is 26.0 Å². The van der Waals surface area contributed by atoms with Crippen molar-refractivity contribution in [2.24, 2.45) is 0 Å². The molecule has 0 aliphatic rings. The second-order valence-electron chi connectivity index (χ2n) is 4.47. The fraction of sp³-hybridized carbons (Fsp3) is 0.375. The number of nitriles is 1. The van der Waals surface area contributed by atoms with E-state index >= 15 is 0 Å². The number of carbonyl (C=O) groups excluding carboxylic acids is 1. The molecule has 1 rings (SSSR count). The van der Waals surface area contributed by atoms with Crippen molar-refractivity contribution in [1.29, 1.82) is 5.26 Å². The van der Waals surface area contributed by atoms with Crippen LogP contribution in [0.5, 0.6) is 0 Å². The lowest BCUT2D eigenvalue weighted by molar-refractivity contribution is -0.138. The number of anilines is 1. The lowest BCUT2D eigenvalue weighted by Crippen LogP contribution is -2.07. The second-order valence-corrected chi connectivity index (χ2v) is 4.47. The number of hydrogen-bond donors (Lipinski definition) is 1. The van der Waals surface area contributed by atoms with E-state index in [0.717, 1.165) is 12.1 Å². The van der Waals surface area contributed by atoms with Crippen LogP contribution in [-0.4, -0.2) is 12.6 Å². The maximum absolute atomic E-state index is 11.4. The zero-order valence-corrected chi connectivity index (χ0v) is 12.1. The number of benzene rings is 1. The van der Waals surface area contributed by atoms with Gasteiger partial charge in [-0.25, -0.2) is 4.79 Å². The number of ether oxygens (including phenoxy) is 1. The molecule has 4 heteroatoms. The molecule has 106 valence electrons. The molecule has 1 atom stereocenters. The Hall–Kier alpha value is -2.28. The van der Waals surface area contributed by atoms with E-state index in [0.29, 0.717) is 5.92 Å². The van der Waals surface area contributed by atoms with Gasteiger partial charge in [0.15, 0.2) is 5.57 Å². The molecule has 0 heterocycles. The lowest BCUT2D eigenvalue weighted by atomic mass is 9.99. The van der Waals surface area contributed by atoms with Crippen LogP contribution in [0.1, 0.15) is 38.7 Å². The minimum Gasteiger partial charge on any atom is -0.462 e. The highest BCUT2D eigenvalue weighted by Crippen LogP contribution is 2.20. The first kappa shape index (κ1) is 15.8. The Morgan fingerprint density at radius 1 is 1.40 bits per heavy atom. The van der Waals surface area contributed by atoms with Gasteiger partial charge in [0.2, 0.25) is 0 Å². The van der Waals surface area contributed by atoms with Crippen molar-refractivity contribution in [2.45, 2.75) is 33.1 Å². The van der Waals surface area contributed by atoms with Crippen molar-refractivity contribution in [3.8, 4) is 6.07 Å². The Morgan fingerprint density at radius 3 is 2.55 bits per heavy atom. The van der Waals surface area contributed by atoms with E-state index in [4.69, 9.17) is 10.00 Å². The average molecular weight is 272 g/mol. The normalized spacial score (nSPS) is 12.4. The van der Waals surface area contributed by atoms with E-state index in [-0.39, 0.29) is 12.2 Å². The highest BCUT2D eigenvalue weighted by molar-refractivity contribution is 5.93. The summed E-state index contributed by atoms with van der Waals surface area (Å²) in [6, 6.07) is 9.76. The lowest BCUT2D eigenvalue weighted by Gasteiger charge is -2.09. The van der Waals surface area contributed by atoms with Gasteiger partial charge in [-0.05, 0) is 37.0 Å². The number of hydrogen-bond acceptors (Lipinski definition) is 4. The molecule has 0 unspecified atom stereocenters. The first-order valence-electron chi connectivity index (χ1n) is 6.76. The Bertz CT molecular complexity index is 512. The zero-order valence-electron chi connectivity index (χ0n) is 12.1. The molecule has 0 spiro atoms. The van der Waals surface area contributed by atoms with Crippen molar-refractivity contribution < 1.29 is 9.53 Å². The van der Waals surface area contributed by atoms with Crippen LogP contribution in [-0.2, 0) is 9.53 Å². The van der Waals surface area contributed by atoms with E-state index < -0.39 is 5.97 Å². The summed E-state index contributed by atoms with van der Waals surface area (Å²) in [7, 11) is 0. The summed E-state index contributed by atoms with van der Waals surface area (Å²) in [4.78, 5) is 11.4. The molecule has 0 aromatic heterocycles. The van der Waals surface area contributed by atoms with Gasteiger partial charge in [-0.2, -0.15) is 5.26 Å². The third-order valence-electron chi connectivity index (χ3n) is 3.09. The standard InChI is InChI=1S/C16H20N2O2/c1-4-12(3)13-6-8-15(9-7-13)18-11-14(10-17)16(19)20-5-2/h6-9,11-12,18H,4-5H2,1-3H3/b14-11+/t12-/m0/s1. The molecule has 1 aromatic rings. The summed E-state index contributed by atoms with van der Waals surface area (Å²) in [6.45, 7) is 6.28. The van der Waals surface area contributed by atoms with Crippen molar-refractivity contribution >= 4 is 11.7 Å². The average Bonchev–Trinajstić information content (AvgIpc) is 2.48. The van der Waals surface area contributed by atoms with Crippen LogP contribution in [0.3, 0.4) is 0 Å². The molecule has 0 aliphatic carbocycles. The van der Waals surface area contributed by atoms with Crippen LogP contribution in [0.15, 0.2) is 36.0 Å². The number of nitrogens with zero attached hydrogens (tertiary/aromatic N) is 1. The van der Waals surface area contributed by atoms with Crippen molar-refractivity contribution in [3.05, 3.63) is 41.6 Å². The molecule has 0 amide bonds. The maximum atomic E-state index is 11.4. The van der Waals surface area contributed by atoms with E-state index in [2.05, 4.69) is 19.2 Å². The molecule has 0 bridgehead atoms.